The standard InChI is InChI=1S/C6H8N2O2.C3H8/c1-9-5-3-8-6(10-2)4-7-5;1-3-2/h3-4H,1-2H3;3H2,1-2H3. The number of methoxy groups -OCH3 is 2. The lowest BCUT2D eigenvalue weighted by molar-refractivity contribution is 0.374. The lowest BCUT2D eigenvalue weighted by Gasteiger charge is -1.98. The van der Waals surface area contributed by atoms with Crippen molar-refractivity contribution in [1.29, 1.82) is 0 Å². The zero-order valence-electron chi connectivity index (χ0n) is 8.57. The number of hydrogen-bond acceptors (Lipinski definition) is 4. The summed E-state index contributed by atoms with van der Waals surface area (Å²) in [5, 5.41) is 0. The van der Waals surface area contributed by atoms with Crippen LogP contribution in [0.5, 0.6) is 11.8 Å². The maximum atomic E-state index is 4.78. The van der Waals surface area contributed by atoms with E-state index in [0.717, 1.165) is 0 Å². The molecule has 0 spiro atoms. The second kappa shape index (κ2) is 7.34. The summed E-state index contributed by atoms with van der Waals surface area (Å²) in [4.78, 5) is 7.72. The molecule has 0 aliphatic rings. The van der Waals surface area contributed by atoms with Crippen molar-refractivity contribution in [1.82, 2.24) is 9.97 Å². The highest BCUT2D eigenvalue weighted by atomic mass is 16.5. The quantitative estimate of drug-likeness (QED) is 0.704. The van der Waals surface area contributed by atoms with E-state index in [4.69, 9.17) is 9.47 Å². The number of hydrogen-bond donors (Lipinski definition) is 0. The molecule has 4 heteroatoms. The highest BCUT2D eigenvalue weighted by Crippen LogP contribution is 2.06. The Morgan fingerprint density at radius 1 is 1.00 bits per heavy atom. The molecule has 0 aromatic carbocycles. The van der Waals surface area contributed by atoms with Crippen LogP contribution in [-0.4, -0.2) is 24.2 Å². The smallest absolute Gasteiger partial charge is 0.232 e. The minimum Gasteiger partial charge on any atom is -0.480 e. The molecule has 1 aromatic heterocycles. The Balaban J connectivity index is 0.000000424. The van der Waals surface area contributed by atoms with Gasteiger partial charge >= 0.3 is 0 Å². The summed E-state index contributed by atoms with van der Waals surface area (Å²) in [6, 6.07) is 0. The second-order valence-corrected chi connectivity index (χ2v) is 2.31. The first kappa shape index (κ1) is 11.7. The molecule has 13 heavy (non-hydrogen) atoms. The van der Waals surface area contributed by atoms with Crippen molar-refractivity contribution in [2.24, 2.45) is 0 Å². The molecular formula is C9H16N2O2. The van der Waals surface area contributed by atoms with E-state index in [9.17, 15) is 0 Å². The zero-order chi connectivity index (χ0) is 10.1. The fourth-order valence-corrected chi connectivity index (χ4v) is 0.515. The van der Waals surface area contributed by atoms with E-state index in [2.05, 4.69) is 23.8 Å². The average Bonchev–Trinajstić information content (AvgIpc) is 2.19. The van der Waals surface area contributed by atoms with Crippen molar-refractivity contribution in [3.05, 3.63) is 12.4 Å². The van der Waals surface area contributed by atoms with Gasteiger partial charge in [0.2, 0.25) is 11.8 Å². The van der Waals surface area contributed by atoms with Crippen LogP contribution >= 0.6 is 0 Å². The van der Waals surface area contributed by atoms with Gasteiger partial charge in [-0.2, -0.15) is 0 Å². The zero-order valence-corrected chi connectivity index (χ0v) is 8.57. The van der Waals surface area contributed by atoms with Gasteiger partial charge in [0.25, 0.3) is 0 Å². The molecule has 1 rings (SSSR count). The maximum absolute atomic E-state index is 4.78. The summed E-state index contributed by atoms with van der Waals surface area (Å²) in [5.41, 5.74) is 0. The summed E-state index contributed by atoms with van der Waals surface area (Å²) in [5.74, 6) is 0.974. The lowest BCUT2D eigenvalue weighted by Crippen LogP contribution is -1.91. The first-order valence-electron chi connectivity index (χ1n) is 4.18. The summed E-state index contributed by atoms with van der Waals surface area (Å²) in [6.45, 7) is 4.25. The average molecular weight is 184 g/mol. The Morgan fingerprint density at radius 3 is 1.46 bits per heavy atom. The molecule has 0 saturated carbocycles. The van der Waals surface area contributed by atoms with E-state index < -0.39 is 0 Å². The summed E-state index contributed by atoms with van der Waals surface area (Å²) in [6.07, 6.45) is 4.25. The molecule has 0 amide bonds. The Labute approximate surface area is 78.9 Å². The predicted octanol–water partition coefficient (Wildman–Crippen LogP) is 1.91. The van der Waals surface area contributed by atoms with Gasteiger partial charge in [-0.3, -0.25) is 0 Å². The molecule has 0 N–H and O–H groups in total. The van der Waals surface area contributed by atoms with Gasteiger partial charge in [0, 0.05) is 0 Å². The van der Waals surface area contributed by atoms with Crippen LogP contribution in [0, 0.1) is 0 Å². The first-order chi connectivity index (χ1) is 6.28. The topological polar surface area (TPSA) is 44.2 Å². The Bertz CT molecular complexity index is 188. The number of rotatable bonds is 2. The largest absolute Gasteiger partial charge is 0.480 e. The second-order valence-electron chi connectivity index (χ2n) is 2.31. The third-order valence-electron chi connectivity index (χ3n) is 1.02. The molecule has 0 bridgehead atoms. The van der Waals surface area contributed by atoms with Crippen LogP contribution in [-0.2, 0) is 0 Å². The molecule has 0 radical (unpaired) electrons. The van der Waals surface area contributed by atoms with Crippen LogP contribution in [0.4, 0.5) is 0 Å². The van der Waals surface area contributed by atoms with Gasteiger partial charge in [-0.05, 0) is 0 Å². The molecule has 1 heterocycles. The van der Waals surface area contributed by atoms with Crippen LogP contribution in [0.25, 0.3) is 0 Å². The summed E-state index contributed by atoms with van der Waals surface area (Å²) in [7, 11) is 3.08. The van der Waals surface area contributed by atoms with E-state index in [1.165, 1.54) is 33.0 Å². The van der Waals surface area contributed by atoms with Gasteiger partial charge in [0.05, 0.1) is 26.6 Å². The van der Waals surface area contributed by atoms with E-state index in [1.807, 2.05) is 0 Å². The summed E-state index contributed by atoms with van der Waals surface area (Å²) >= 11 is 0. The third kappa shape index (κ3) is 5.00. The highest BCUT2D eigenvalue weighted by molar-refractivity contribution is 5.10. The Kier molecular flexibility index (Phi) is 6.59. The molecule has 0 unspecified atom stereocenters. The van der Waals surface area contributed by atoms with Crippen molar-refractivity contribution in [2.45, 2.75) is 20.3 Å². The number of nitrogens with zero attached hydrogens (tertiary/aromatic N) is 2. The fraction of sp³-hybridized carbons (Fsp3) is 0.556. The molecule has 74 valence electrons. The minimum absolute atomic E-state index is 0.487. The minimum atomic E-state index is 0.487. The Morgan fingerprint density at radius 2 is 1.31 bits per heavy atom. The van der Waals surface area contributed by atoms with Gasteiger partial charge in [-0.25, -0.2) is 9.97 Å². The third-order valence-corrected chi connectivity index (χ3v) is 1.02. The van der Waals surface area contributed by atoms with E-state index >= 15 is 0 Å². The van der Waals surface area contributed by atoms with Crippen LogP contribution in [0.2, 0.25) is 0 Å². The van der Waals surface area contributed by atoms with Crippen molar-refractivity contribution in [3.63, 3.8) is 0 Å². The van der Waals surface area contributed by atoms with E-state index in [1.54, 1.807) is 0 Å². The first-order valence-corrected chi connectivity index (χ1v) is 4.18. The Hall–Kier alpha value is -1.32. The fourth-order valence-electron chi connectivity index (χ4n) is 0.515. The maximum Gasteiger partial charge on any atom is 0.232 e. The normalized spacial score (nSPS) is 8.31. The molecule has 0 fully saturated rings. The van der Waals surface area contributed by atoms with Gasteiger partial charge < -0.3 is 9.47 Å². The molecular weight excluding hydrogens is 168 g/mol. The predicted molar refractivity (Wildman–Crippen MR) is 51.1 cm³/mol. The van der Waals surface area contributed by atoms with Crippen molar-refractivity contribution < 1.29 is 9.47 Å². The van der Waals surface area contributed by atoms with Crippen molar-refractivity contribution in [2.75, 3.05) is 14.2 Å². The van der Waals surface area contributed by atoms with Crippen molar-refractivity contribution in [3.8, 4) is 11.8 Å². The van der Waals surface area contributed by atoms with Crippen LogP contribution in [0.1, 0.15) is 20.3 Å². The highest BCUT2D eigenvalue weighted by Gasteiger charge is 1.93. The molecule has 1 aromatic rings. The van der Waals surface area contributed by atoms with Gasteiger partial charge in [-0.15, -0.1) is 0 Å². The number of ether oxygens (including phenoxy) is 2. The SMILES string of the molecule is CCC.COc1cnc(OC)cn1. The van der Waals surface area contributed by atoms with Crippen LogP contribution in [0.3, 0.4) is 0 Å². The van der Waals surface area contributed by atoms with Gasteiger partial charge in [-0.1, -0.05) is 20.3 Å². The van der Waals surface area contributed by atoms with Gasteiger partial charge in [0.1, 0.15) is 0 Å². The molecule has 0 aliphatic heterocycles. The van der Waals surface area contributed by atoms with Gasteiger partial charge in [0.15, 0.2) is 0 Å². The van der Waals surface area contributed by atoms with E-state index in [-0.39, 0.29) is 0 Å². The summed E-state index contributed by atoms with van der Waals surface area (Å²) < 4.78 is 9.57. The molecule has 0 saturated heterocycles. The van der Waals surface area contributed by atoms with Crippen LogP contribution in [0.15, 0.2) is 12.4 Å². The molecule has 0 aliphatic carbocycles. The van der Waals surface area contributed by atoms with E-state index in [0.29, 0.717) is 11.8 Å². The van der Waals surface area contributed by atoms with Crippen molar-refractivity contribution >= 4 is 0 Å². The molecule has 4 nitrogen and oxygen atoms in total. The number of aromatic nitrogens is 2. The monoisotopic (exact) mass is 184 g/mol. The lowest BCUT2D eigenvalue weighted by atomic mass is 10.6. The van der Waals surface area contributed by atoms with Crippen LogP contribution < -0.4 is 9.47 Å². The molecule has 0 atom stereocenters.